The molecule has 20 heavy (non-hydrogen) atoms. The second-order valence-electron chi connectivity index (χ2n) is 4.23. The third kappa shape index (κ3) is 3.27. The van der Waals surface area contributed by atoms with Crippen LogP contribution in [0.5, 0.6) is 17.2 Å². The molecule has 0 radical (unpaired) electrons. The smallest absolute Gasteiger partial charge is 0.205 e. The molecule has 0 aliphatic rings. The molecule has 114 valence electrons. The summed E-state index contributed by atoms with van der Waals surface area (Å²) in [5.74, 6) is 1.000. The van der Waals surface area contributed by atoms with E-state index in [0.717, 1.165) is 0 Å². The highest BCUT2D eigenvalue weighted by molar-refractivity contribution is 6.32. The summed E-state index contributed by atoms with van der Waals surface area (Å²) in [5.41, 5.74) is 11.8. The van der Waals surface area contributed by atoms with Gasteiger partial charge in [-0.3, -0.25) is 0 Å². The van der Waals surface area contributed by atoms with Crippen LogP contribution in [0, 0.1) is 0 Å². The number of aliphatic hydroxyl groups is 1. The van der Waals surface area contributed by atoms with Gasteiger partial charge in [0, 0.05) is 11.6 Å². The minimum Gasteiger partial charge on any atom is -0.492 e. The van der Waals surface area contributed by atoms with Crippen LogP contribution >= 0.6 is 11.6 Å². The van der Waals surface area contributed by atoms with Crippen molar-refractivity contribution < 1.29 is 19.3 Å². The molecule has 0 saturated heterocycles. The lowest BCUT2D eigenvalue weighted by Crippen LogP contribution is -2.31. The van der Waals surface area contributed by atoms with E-state index in [0.29, 0.717) is 40.8 Å². The Labute approximate surface area is 123 Å². The Hall–Kier alpha value is -1.21. The third-order valence-corrected chi connectivity index (χ3v) is 3.29. The van der Waals surface area contributed by atoms with Gasteiger partial charge in [0.2, 0.25) is 5.75 Å². The van der Waals surface area contributed by atoms with Crippen LogP contribution in [0.4, 0.5) is 0 Å². The van der Waals surface area contributed by atoms with Gasteiger partial charge < -0.3 is 30.8 Å². The molecular weight excluding hydrogens is 284 g/mol. The molecule has 0 bridgehead atoms. The topological polar surface area (TPSA) is 100.0 Å². The highest BCUT2D eigenvalue weighted by atomic mass is 35.5. The molecule has 0 amide bonds. The molecule has 7 heteroatoms. The summed E-state index contributed by atoms with van der Waals surface area (Å²) in [6.07, 6.45) is -0.498. The molecule has 6 nitrogen and oxygen atoms in total. The fourth-order valence-electron chi connectivity index (χ4n) is 2.00. The number of nitrogens with two attached hydrogens (primary N) is 2. The molecule has 0 saturated carbocycles. The van der Waals surface area contributed by atoms with Crippen molar-refractivity contribution in [3.8, 4) is 17.2 Å². The number of halogens is 1. The maximum Gasteiger partial charge on any atom is 0.205 e. The minimum absolute atomic E-state index is 0.305. The van der Waals surface area contributed by atoms with Crippen LogP contribution in [0.15, 0.2) is 6.07 Å². The zero-order valence-electron chi connectivity index (χ0n) is 11.9. The average molecular weight is 305 g/mol. The molecule has 2 atom stereocenters. The Bertz CT molecular complexity index is 456. The van der Waals surface area contributed by atoms with Crippen molar-refractivity contribution in [1.29, 1.82) is 0 Å². The maximum atomic E-state index is 10.3. The molecule has 0 heterocycles. The maximum absolute atomic E-state index is 10.3. The van der Waals surface area contributed by atoms with E-state index in [1.165, 1.54) is 21.3 Å². The first-order chi connectivity index (χ1) is 9.51. The van der Waals surface area contributed by atoms with Gasteiger partial charge in [-0.25, -0.2) is 0 Å². The minimum atomic E-state index is -0.967. The largest absolute Gasteiger partial charge is 0.492 e. The lowest BCUT2D eigenvalue weighted by Gasteiger charge is -2.23. The SMILES string of the molecule is COc1c(Cl)cc(C(O)C(N)CCN)c(OC)c1OC. The number of methoxy groups -OCH3 is 3. The van der Waals surface area contributed by atoms with Gasteiger partial charge in [0.25, 0.3) is 0 Å². The molecule has 0 spiro atoms. The Morgan fingerprint density at radius 3 is 2.15 bits per heavy atom. The van der Waals surface area contributed by atoms with Gasteiger partial charge in [-0.15, -0.1) is 0 Å². The van der Waals surface area contributed by atoms with Crippen molar-refractivity contribution in [3.05, 3.63) is 16.7 Å². The normalized spacial score (nSPS) is 13.8. The van der Waals surface area contributed by atoms with Crippen LogP contribution in [0.3, 0.4) is 0 Å². The number of ether oxygens (including phenoxy) is 3. The van der Waals surface area contributed by atoms with Crippen molar-refractivity contribution in [1.82, 2.24) is 0 Å². The van der Waals surface area contributed by atoms with Crippen LogP contribution in [0.2, 0.25) is 5.02 Å². The van der Waals surface area contributed by atoms with Crippen LogP contribution in [0.1, 0.15) is 18.1 Å². The Balaban J connectivity index is 3.36. The molecule has 2 unspecified atom stereocenters. The van der Waals surface area contributed by atoms with E-state index in [9.17, 15) is 5.11 Å². The molecular formula is C13H21ClN2O4. The number of aliphatic hydroxyl groups excluding tert-OH is 1. The quantitative estimate of drug-likeness (QED) is 0.697. The van der Waals surface area contributed by atoms with E-state index in [1.807, 2.05) is 0 Å². The van der Waals surface area contributed by atoms with Gasteiger partial charge >= 0.3 is 0 Å². The van der Waals surface area contributed by atoms with Gasteiger partial charge in [0.05, 0.1) is 32.5 Å². The predicted octanol–water partition coefficient (Wildman–Crippen LogP) is 1.08. The van der Waals surface area contributed by atoms with Gasteiger partial charge in [0.1, 0.15) is 0 Å². The van der Waals surface area contributed by atoms with E-state index in [1.54, 1.807) is 6.07 Å². The molecule has 0 aliphatic heterocycles. The number of hydrogen-bond donors (Lipinski definition) is 3. The molecule has 1 aromatic carbocycles. The van der Waals surface area contributed by atoms with E-state index >= 15 is 0 Å². The second kappa shape index (κ2) is 7.54. The van der Waals surface area contributed by atoms with Crippen molar-refractivity contribution in [2.75, 3.05) is 27.9 Å². The Morgan fingerprint density at radius 2 is 1.70 bits per heavy atom. The highest BCUT2D eigenvalue weighted by Crippen LogP contribution is 2.47. The molecule has 1 rings (SSSR count). The highest BCUT2D eigenvalue weighted by Gasteiger charge is 2.26. The van der Waals surface area contributed by atoms with E-state index < -0.39 is 12.1 Å². The summed E-state index contributed by atoms with van der Waals surface area (Å²) in [4.78, 5) is 0. The van der Waals surface area contributed by atoms with Gasteiger partial charge in [-0.05, 0) is 19.0 Å². The molecule has 0 aliphatic carbocycles. The van der Waals surface area contributed by atoms with Gasteiger partial charge in [-0.1, -0.05) is 11.6 Å². The molecule has 0 aromatic heterocycles. The number of rotatable bonds is 7. The summed E-state index contributed by atoms with van der Waals surface area (Å²) in [6, 6.07) is 1.03. The van der Waals surface area contributed by atoms with Gasteiger partial charge in [0.15, 0.2) is 11.5 Å². The van der Waals surface area contributed by atoms with E-state index in [4.69, 9.17) is 37.3 Å². The zero-order valence-corrected chi connectivity index (χ0v) is 12.6. The zero-order chi connectivity index (χ0) is 15.3. The van der Waals surface area contributed by atoms with Gasteiger partial charge in [-0.2, -0.15) is 0 Å². The summed E-state index contributed by atoms with van der Waals surface area (Å²) >= 11 is 6.13. The molecule has 5 N–H and O–H groups in total. The first-order valence-electron chi connectivity index (χ1n) is 6.13. The van der Waals surface area contributed by atoms with Crippen LogP contribution < -0.4 is 25.7 Å². The van der Waals surface area contributed by atoms with Crippen molar-refractivity contribution >= 4 is 11.6 Å². The summed E-state index contributed by atoms with van der Waals surface area (Å²) in [5, 5.41) is 10.6. The lowest BCUT2D eigenvalue weighted by atomic mass is 9.98. The van der Waals surface area contributed by atoms with Crippen LogP contribution in [-0.4, -0.2) is 39.0 Å². The van der Waals surface area contributed by atoms with Crippen molar-refractivity contribution in [2.24, 2.45) is 11.5 Å². The van der Waals surface area contributed by atoms with Crippen LogP contribution in [-0.2, 0) is 0 Å². The monoisotopic (exact) mass is 304 g/mol. The first kappa shape index (κ1) is 16.8. The van der Waals surface area contributed by atoms with E-state index in [2.05, 4.69) is 0 Å². The standard InChI is InChI=1S/C13H21ClN2O4/c1-18-11-7(10(17)9(16)4-5-15)6-8(14)12(19-2)13(11)20-3/h6,9-10,17H,4-5,15-16H2,1-3H3. The first-order valence-corrected chi connectivity index (χ1v) is 6.51. The predicted molar refractivity (Wildman–Crippen MR) is 77.7 cm³/mol. The summed E-state index contributed by atoms with van der Waals surface area (Å²) in [6.45, 7) is 0.377. The number of benzene rings is 1. The Kier molecular flexibility index (Phi) is 6.35. The molecule has 0 fully saturated rings. The van der Waals surface area contributed by atoms with Crippen molar-refractivity contribution in [2.45, 2.75) is 18.6 Å². The summed E-state index contributed by atoms with van der Waals surface area (Å²) < 4.78 is 15.7. The Morgan fingerprint density at radius 1 is 1.15 bits per heavy atom. The third-order valence-electron chi connectivity index (χ3n) is 3.01. The van der Waals surface area contributed by atoms with Crippen LogP contribution in [0.25, 0.3) is 0 Å². The van der Waals surface area contributed by atoms with Crippen molar-refractivity contribution in [3.63, 3.8) is 0 Å². The summed E-state index contributed by atoms with van der Waals surface area (Å²) in [7, 11) is 4.40. The average Bonchev–Trinajstić information content (AvgIpc) is 2.45. The lowest BCUT2D eigenvalue weighted by molar-refractivity contribution is 0.138. The fraction of sp³-hybridized carbons (Fsp3) is 0.538. The second-order valence-corrected chi connectivity index (χ2v) is 4.64. The number of hydrogen-bond acceptors (Lipinski definition) is 6. The fourth-order valence-corrected chi connectivity index (χ4v) is 2.28. The van der Waals surface area contributed by atoms with E-state index in [-0.39, 0.29) is 0 Å². The molecule has 1 aromatic rings.